The number of hydrogen-bond acceptors (Lipinski definition) is 9. The molecule has 0 aliphatic heterocycles. The maximum absolute atomic E-state index is 12.5. The number of aliphatic hydroxyl groups excluding tert-OH is 2. The van der Waals surface area contributed by atoms with Crippen molar-refractivity contribution in [3.8, 4) is 0 Å². The molecular formula is C25H35N5O7S. The van der Waals surface area contributed by atoms with Gasteiger partial charge in [0, 0.05) is 38.3 Å². The van der Waals surface area contributed by atoms with Gasteiger partial charge in [-0.3, -0.25) is 24.7 Å². The van der Waals surface area contributed by atoms with Crippen LogP contribution in [0.2, 0.25) is 0 Å². The number of amides is 4. The van der Waals surface area contributed by atoms with Crippen LogP contribution in [0.1, 0.15) is 56.0 Å². The van der Waals surface area contributed by atoms with Crippen molar-refractivity contribution in [2.24, 2.45) is 0 Å². The second-order valence-corrected chi connectivity index (χ2v) is 10.3. The Bertz CT molecular complexity index is 1080. The highest BCUT2D eigenvalue weighted by molar-refractivity contribution is 7.15. The molecule has 0 unspecified atom stereocenters. The number of carbonyl (C=O) groups excluding carboxylic acids is 4. The zero-order valence-corrected chi connectivity index (χ0v) is 22.5. The molecule has 0 fully saturated rings. The Labute approximate surface area is 225 Å². The van der Waals surface area contributed by atoms with Gasteiger partial charge in [-0.05, 0) is 50.6 Å². The van der Waals surface area contributed by atoms with Gasteiger partial charge < -0.3 is 25.6 Å². The summed E-state index contributed by atoms with van der Waals surface area (Å²) in [5, 5.41) is 23.6. The normalized spacial score (nSPS) is 11.1. The molecule has 13 heteroatoms. The standard InChI is InChI=1S/C25H35N5O7S/c1-25(2,3)37-24(36)29-28-23(35)20-9-8-19(38-20)22(34)27-16-17-4-6-18(7-5-17)21(33)26-10-11-30(12-14-31)13-15-32/h4-9,31-32H,10-16H2,1-3H3,(H,26,33)(H,27,34)(H,28,35)(H,29,36). The van der Waals surface area contributed by atoms with Crippen LogP contribution in [-0.4, -0.2) is 83.9 Å². The SMILES string of the molecule is CC(C)(C)OC(=O)NNC(=O)c1ccc(C(=O)NCc2ccc(C(=O)NCCN(CCO)CCO)cc2)s1. The fourth-order valence-corrected chi connectivity index (χ4v) is 3.96. The quantitative estimate of drug-likeness (QED) is 0.212. The molecule has 0 atom stereocenters. The van der Waals surface area contributed by atoms with E-state index >= 15 is 0 Å². The first-order valence-corrected chi connectivity index (χ1v) is 12.8. The smallest absolute Gasteiger partial charge is 0.426 e. The average molecular weight is 550 g/mol. The molecule has 1 heterocycles. The summed E-state index contributed by atoms with van der Waals surface area (Å²) in [5.74, 6) is -1.20. The Morgan fingerprint density at radius 1 is 0.816 bits per heavy atom. The van der Waals surface area contributed by atoms with Crippen molar-refractivity contribution in [1.82, 2.24) is 26.4 Å². The number of ether oxygens (including phenoxy) is 1. The van der Waals surface area contributed by atoms with E-state index < -0.39 is 17.6 Å². The molecule has 1 aromatic heterocycles. The zero-order chi connectivity index (χ0) is 28.1. The van der Waals surface area contributed by atoms with Crippen LogP contribution < -0.4 is 21.5 Å². The van der Waals surface area contributed by atoms with Crippen molar-refractivity contribution in [2.75, 3.05) is 39.4 Å². The predicted molar refractivity (Wildman–Crippen MR) is 142 cm³/mol. The van der Waals surface area contributed by atoms with Crippen molar-refractivity contribution in [2.45, 2.75) is 32.9 Å². The van der Waals surface area contributed by atoms with E-state index in [9.17, 15) is 19.2 Å². The largest absolute Gasteiger partial charge is 0.443 e. The van der Waals surface area contributed by atoms with Gasteiger partial charge in [0.25, 0.3) is 17.7 Å². The van der Waals surface area contributed by atoms with E-state index in [1.807, 2.05) is 4.90 Å². The minimum atomic E-state index is -0.799. The number of carbonyl (C=O) groups is 4. The second kappa shape index (κ2) is 15.0. The van der Waals surface area contributed by atoms with Gasteiger partial charge >= 0.3 is 6.09 Å². The number of nitrogens with zero attached hydrogens (tertiary/aromatic N) is 1. The van der Waals surface area contributed by atoms with Crippen LogP contribution in [0, 0.1) is 0 Å². The third kappa shape index (κ3) is 10.8. The first kappa shape index (κ1) is 30.7. The highest BCUT2D eigenvalue weighted by atomic mass is 32.1. The van der Waals surface area contributed by atoms with Gasteiger partial charge in [0.2, 0.25) is 0 Å². The van der Waals surface area contributed by atoms with Gasteiger partial charge in [0.05, 0.1) is 23.0 Å². The van der Waals surface area contributed by atoms with Crippen molar-refractivity contribution in [3.63, 3.8) is 0 Å². The van der Waals surface area contributed by atoms with Gasteiger partial charge in [-0.1, -0.05) is 12.1 Å². The van der Waals surface area contributed by atoms with Crippen LogP contribution in [0.25, 0.3) is 0 Å². The number of hydrazine groups is 1. The van der Waals surface area contributed by atoms with Crippen LogP contribution in [0.15, 0.2) is 36.4 Å². The van der Waals surface area contributed by atoms with E-state index in [1.54, 1.807) is 45.0 Å². The number of aliphatic hydroxyl groups is 2. The summed E-state index contributed by atoms with van der Waals surface area (Å²) in [6.45, 7) is 6.97. The lowest BCUT2D eigenvalue weighted by Crippen LogP contribution is -2.44. The topological polar surface area (TPSA) is 169 Å². The van der Waals surface area contributed by atoms with E-state index in [2.05, 4.69) is 21.5 Å². The molecule has 2 rings (SSSR count). The molecule has 6 N–H and O–H groups in total. The molecule has 2 aromatic rings. The molecule has 38 heavy (non-hydrogen) atoms. The maximum atomic E-state index is 12.5. The minimum Gasteiger partial charge on any atom is -0.443 e. The lowest BCUT2D eigenvalue weighted by atomic mass is 10.1. The van der Waals surface area contributed by atoms with E-state index in [1.165, 1.54) is 12.1 Å². The van der Waals surface area contributed by atoms with Gasteiger partial charge in [0.1, 0.15) is 5.60 Å². The molecule has 0 spiro atoms. The van der Waals surface area contributed by atoms with Crippen molar-refractivity contribution in [3.05, 3.63) is 57.3 Å². The first-order chi connectivity index (χ1) is 18.0. The predicted octanol–water partition coefficient (Wildman–Crippen LogP) is 0.864. The minimum absolute atomic E-state index is 0.0255. The van der Waals surface area contributed by atoms with Crippen LogP contribution >= 0.6 is 11.3 Å². The first-order valence-electron chi connectivity index (χ1n) is 12.0. The molecule has 1 aromatic carbocycles. The fraction of sp³-hybridized carbons (Fsp3) is 0.440. The zero-order valence-electron chi connectivity index (χ0n) is 21.7. The van der Waals surface area contributed by atoms with E-state index in [-0.39, 0.29) is 36.5 Å². The Hall–Kier alpha value is -3.52. The number of rotatable bonds is 12. The molecule has 4 amide bonds. The van der Waals surface area contributed by atoms with Crippen molar-refractivity contribution < 1.29 is 34.1 Å². The fourth-order valence-electron chi connectivity index (χ4n) is 3.15. The highest BCUT2D eigenvalue weighted by Crippen LogP contribution is 2.16. The average Bonchev–Trinajstić information content (AvgIpc) is 3.36. The molecule has 0 saturated heterocycles. The lowest BCUT2D eigenvalue weighted by molar-refractivity contribution is 0.0483. The Kier molecular flexibility index (Phi) is 12.1. The third-order valence-electron chi connectivity index (χ3n) is 4.95. The summed E-state index contributed by atoms with van der Waals surface area (Å²) in [6.07, 6.45) is -0.799. The Balaban J connectivity index is 1.79. The summed E-state index contributed by atoms with van der Waals surface area (Å²) in [4.78, 5) is 51.1. The summed E-state index contributed by atoms with van der Waals surface area (Å²) >= 11 is 0.971. The Morgan fingerprint density at radius 3 is 2.00 bits per heavy atom. The van der Waals surface area contributed by atoms with Gasteiger partial charge in [-0.2, -0.15) is 0 Å². The summed E-state index contributed by atoms with van der Waals surface area (Å²) in [7, 11) is 0. The van der Waals surface area contributed by atoms with E-state index in [0.29, 0.717) is 36.6 Å². The second-order valence-electron chi connectivity index (χ2n) is 9.17. The summed E-state index contributed by atoms with van der Waals surface area (Å²) in [5.41, 5.74) is 4.93. The maximum Gasteiger partial charge on any atom is 0.426 e. The number of thiophene rings is 1. The van der Waals surface area contributed by atoms with Crippen LogP contribution in [0.4, 0.5) is 4.79 Å². The van der Waals surface area contributed by atoms with Crippen LogP contribution in [0.5, 0.6) is 0 Å². The third-order valence-corrected chi connectivity index (χ3v) is 6.03. The van der Waals surface area contributed by atoms with Crippen molar-refractivity contribution >= 4 is 35.2 Å². The molecular weight excluding hydrogens is 514 g/mol. The number of benzene rings is 1. The molecule has 12 nitrogen and oxygen atoms in total. The highest BCUT2D eigenvalue weighted by Gasteiger charge is 2.18. The van der Waals surface area contributed by atoms with Gasteiger partial charge in [-0.25, -0.2) is 10.2 Å². The summed E-state index contributed by atoms with van der Waals surface area (Å²) in [6, 6.07) is 9.76. The lowest BCUT2D eigenvalue weighted by Gasteiger charge is -2.20. The van der Waals surface area contributed by atoms with E-state index in [4.69, 9.17) is 14.9 Å². The van der Waals surface area contributed by atoms with Crippen molar-refractivity contribution in [1.29, 1.82) is 0 Å². The molecule has 0 radical (unpaired) electrons. The molecule has 0 saturated carbocycles. The molecule has 0 aliphatic carbocycles. The molecule has 0 aliphatic rings. The summed E-state index contributed by atoms with van der Waals surface area (Å²) < 4.78 is 5.04. The number of nitrogens with one attached hydrogen (secondary N) is 4. The monoisotopic (exact) mass is 549 g/mol. The molecule has 208 valence electrons. The molecule has 0 bridgehead atoms. The number of hydrogen-bond donors (Lipinski definition) is 6. The van der Waals surface area contributed by atoms with Crippen LogP contribution in [-0.2, 0) is 11.3 Å². The van der Waals surface area contributed by atoms with Gasteiger partial charge in [-0.15, -0.1) is 11.3 Å². The van der Waals surface area contributed by atoms with E-state index in [0.717, 1.165) is 16.9 Å². The Morgan fingerprint density at radius 2 is 1.42 bits per heavy atom. The van der Waals surface area contributed by atoms with Crippen LogP contribution in [0.3, 0.4) is 0 Å². The van der Waals surface area contributed by atoms with Gasteiger partial charge in [0.15, 0.2) is 0 Å².